The molecule has 1 aromatic heterocycles. The van der Waals surface area contributed by atoms with Crippen LogP contribution in [0.5, 0.6) is 0 Å². The van der Waals surface area contributed by atoms with E-state index in [0.29, 0.717) is 35.6 Å². The number of halogens is 1. The Bertz CT molecular complexity index is 825. The highest BCUT2D eigenvalue weighted by Gasteiger charge is 2.23. The number of nitrogens with one attached hydrogen (secondary N) is 1. The van der Waals surface area contributed by atoms with Crippen molar-refractivity contribution in [1.82, 2.24) is 4.90 Å². The van der Waals surface area contributed by atoms with E-state index >= 15 is 0 Å². The van der Waals surface area contributed by atoms with Crippen LogP contribution in [0.4, 0.5) is 9.39 Å². The first-order valence-corrected chi connectivity index (χ1v) is 9.16. The second kappa shape index (κ2) is 7.77. The third-order valence-corrected chi connectivity index (χ3v) is 5.61. The van der Waals surface area contributed by atoms with E-state index in [1.807, 2.05) is 11.9 Å². The summed E-state index contributed by atoms with van der Waals surface area (Å²) in [6, 6.07) is 8.88. The van der Waals surface area contributed by atoms with Crippen molar-refractivity contribution < 1.29 is 9.18 Å². The fourth-order valence-electron chi connectivity index (χ4n) is 3.09. The van der Waals surface area contributed by atoms with Crippen molar-refractivity contribution in [2.45, 2.75) is 32.2 Å². The second-order valence-electron chi connectivity index (χ2n) is 6.30. The van der Waals surface area contributed by atoms with Crippen molar-refractivity contribution in [3.8, 4) is 6.07 Å². The van der Waals surface area contributed by atoms with Crippen LogP contribution in [0.1, 0.15) is 34.4 Å². The van der Waals surface area contributed by atoms with Gasteiger partial charge >= 0.3 is 0 Å². The number of carbonyl (C=O) groups excluding carboxylic acids is 1. The van der Waals surface area contributed by atoms with Crippen molar-refractivity contribution in [1.29, 1.82) is 5.26 Å². The van der Waals surface area contributed by atoms with Crippen LogP contribution in [0.3, 0.4) is 0 Å². The fourth-order valence-corrected chi connectivity index (χ4v) is 4.34. The molecule has 130 valence electrons. The summed E-state index contributed by atoms with van der Waals surface area (Å²) in [6.45, 7) is 0.976. The van der Waals surface area contributed by atoms with Crippen molar-refractivity contribution in [2.24, 2.45) is 0 Å². The molecule has 1 N–H and O–H groups in total. The summed E-state index contributed by atoms with van der Waals surface area (Å²) in [5.74, 6) is -0.345. The number of amides is 1. The third kappa shape index (κ3) is 4.06. The van der Waals surface area contributed by atoms with Gasteiger partial charge in [0, 0.05) is 30.0 Å². The lowest BCUT2D eigenvalue weighted by Gasteiger charge is -2.16. The summed E-state index contributed by atoms with van der Waals surface area (Å²) in [6.07, 6.45) is 3.31. The molecule has 1 aromatic carbocycles. The molecule has 25 heavy (non-hydrogen) atoms. The van der Waals surface area contributed by atoms with Gasteiger partial charge in [-0.1, -0.05) is 18.2 Å². The number of nitrogens with zero attached hydrogens (tertiary/aromatic N) is 2. The van der Waals surface area contributed by atoms with E-state index in [0.717, 1.165) is 24.8 Å². The van der Waals surface area contributed by atoms with Gasteiger partial charge in [0.1, 0.15) is 16.9 Å². The molecule has 0 bridgehead atoms. The van der Waals surface area contributed by atoms with Gasteiger partial charge in [-0.25, -0.2) is 4.39 Å². The maximum absolute atomic E-state index is 13.7. The molecule has 1 heterocycles. The van der Waals surface area contributed by atoms with Crippen LogP contribution in [0, 0.1) is 17.1 Å². The Balaban J connectivity index is 1.53. The molecule has 0 radical (unpaired) electrons. The minimum atomic E-state index is -0.231. The lowest BCUT2D eigenvalue weighted by molar-refractivity contribution is -0.116. The number of fused-ring (bicyclic) bond motifs is 1. The summed E-state index contributed by atoms with van der Waals surface area (Å²) < 4.78 is 13.7. The van der Waals surface area contributed by atoms with Gasteiger partial charge in [0.2, 0.25) is 5.91 Å². The van der Waals surface area contributed by atoms with Crippen LogP contribution in [0.15, 0.2) is 24.3 Å². The summed E-state index contributed by atoms with van der Waals surface area (Å²) >= 11 is 1.52. The van der Waals surface area contributed by atoms with Gasteiger partial charge in [-0.15, -0.1) is 11.3 Å². The molecular formula is C19H20FN3OS. The van der Waals surface area contributed by atoms with E-state index in [-0.39, 0.29) is 11.7 Å². The second-order valence-corrected chi connectivity index (χ2v) is 7.41. The monoisotopic (exact) mass is 357 g/mol. The number of rotatable bonds is 6. The van der Waals surface area contributed by atoms with Crippen molar-refractivity contribution in [3.05, 3.63) is 51.7 Å². The number of carbonyl (C=O) groups is 1. The molecule has 0 saturated heterocycles. The van der Waals surface area contributed by atoms with Crippen molar-refractivity contribution in [3.63, 3.8) is 0 Å². The summed E-state index contributed by atoms with van der Waals surface area (Å²) in [5.41, 5.74) is 2.36. The Labute approximate surface area is 150 Å². The Kier molecular flexibility index (Phi) is 5.47. The minimum Gasteiger partial charge on any atom is -0.317 e. The van der Waals surface area contributed by atoms with Gasteiger partial charge in [0.25, 0.3) is 0 Å². The van der Waals surface area contributed by atoms with Crippen LogP contribution in [-0.4, -0.2) is 24.4 Å². The number of hydrogen-bond acceptors (Lipinski definition) is 4. The van der Waals surface area contributed by atoms with Crippen molar-refractivity contribution in [2.75, 3.05) is 18.9 Å². The number of benzene rings is 1. The molecule has 6 heteroatoms. The molecular weight excluding hydrogens is 337 g/mol. The Morgan fingerprint density at radius 1 is 1.40 bits per heavy atom. The summed E-state index contributed by atoms with van der Waals surface area (Å²) in [7, 11) is 1.86. The van der Waals surface area contributed by atoms with Gasteiger partial charge in [-0.05, 0) is 37.9 Å². The first-order chi connectivity index (χ1) is 12.1. The first kappa shape index (κ1) is 17.6. The summed E-state index contributed by atoms with van der Waals surface area (Å²) in [4.78, 5) is 15.4. The van der Waals surface area contributed by atoms with E-state index < -0.39 is 0 Å². The van der Waals surface area contributed by atoms with E-state index in [2.05, 4.69) is 11.4 Å². The standard InChI is InChI=1S/C19H20FN3OS/c1-23(12-13-5-2-3-7-16(13)20)10-9-18(24)22-19-15(11-21)14-6-4-8-17(14)25-19/h2-3,5,7H,4,6,8-10,12H2,1H3,(H,22,24). The SMILES string of the molecule is CN(CCC(=O)Nc1sc2c(c1C#N)CCC2)Cc1ccccc1F. The molecule has 1 amide bonds. The molecule has 0 fully saturated rings. The van der Waals surface area contributed by atoms with E-state index in [4.69, 9.17) is 0 Å². The topological polar surface area (TPSA) is 56.1 Å². The summed E-state index contributed by atoms with van der Waals surface area (Å²) in [5, 5.41) is 12.9. The van der Waals surface area contributed by atoms with Crippen LogP contribution >= 0.6 is 11.3 Å². The van der Waals surface area contributed by atoms with E-state index in [9.17, 15) is 14.4 Å². The number of thiophene rings is 1. The molecule has 1 aliphatic rings. The van der Waals surface area contributed by atoms with Crippen LogP contribution in [0.2, 0.25) is 0 Å². The van der Waals surface area contributed by atoms with Crippen LogP contribution in [0.25, 0.3) is 0 Å². The Morgan fingerprint density at radius 2 is 2.20 bits per heavy atom. The van der Waals surface area contributed by atoms with Gasteiger partial charge < -0.3 is 10.2 Å². The predicted octanol–water partition coefficient (Wildman–Crippen LogP) is 3.71. The number of nitriles is 1. The van der Waals surface area contributed by atoms with Gasteiger partial charge in [-0.3, -0.25) is 4.79 Å². The maximum Gasteiger partial charge on any atom is 0.226 e. The minimum absolute atomic E-state index is 0.114. The smallest absolute Gasteiger partial charge is 0.226 e. The van der Waals surface area contributed by atoms with Gasteiger partial charge in [-0.2, -0.15) is 5.26 Å². The average Bonchev–Trinajstić information content (AvgIpc) is 3.15. The zero-order chi connectivity index (χ0) is 17.8. The molecule has 0 unspecified atom stereocenters. The molecule has 0 saturated carbocycles. The van der Waals surface area contributed by atoms with E-state index in [1.54, 1.807) is 18.2 Å². The number of anilines is 1. The highest BCUT2D eigenvalue weighted by molar-refractivity contribution is 7.16. The largest absolute Gasteiger partial charge is 0.317 e. The highest BCUT2D eigenvalue weighted by Crippen LogP contribution is 2.38. The normalized spacial score (nSPS) is 12.9. The molecule has 4 nitrogen and oxygen atoms in total. The van der Waals surface area contributed by atoms with Gasteiger partial charge in [0.05, 0.1) is 5.56 Å². The third-order valence-electron chi connectivity index (χ3n) is 4.40. The number of aryl methyl sites for hydroxylation is 1. The molecule has 2 aromatic rings. The Hall–Kier alpha value is -2.23. The van der Waals surface area contributed by atoms with Crippen LogP contribution < -0.4 is 5.32 Å². The Morgan fingerprint density at radius 3 is 2.96 bits per heavy atom. The zero-order valence-electron chi connectivity index (χ0n) is 14.1. The van der Waals surface area contributed by atoms with Crippen LogP contribution in [-0.2, 0) is 24.2 Å². The molecule has 0 aliphatic heterocycles. The average molecular weight is 357 g/mol. The number of hydrogen-bond donors (Lipinski definition) is 1. The fraction of sp³-hybridized carbons (Fsp3) is 0.368. The lowest BCUT2D eigenvalue weighted by Crippen LogP contribution is -2.24. The van der Waals surface area contributed by atoms with Gasteiger partial charge in [0.15, 0.2) is 0 Å². The zero-order valence-corrected chi connectivity index (χ0v) is 15.0. The molecule has 0 spiro atoms. The maximum atomic E-state index is 13.7. The van der Waals surface area contributed by atoms with Crippen molar-refractivity contribution >= 4 is 22.2 Å². The lowest BCUT2D eigenvalue weighted by atomic mass is 10.1. The van der Waals surface area contributed by atoms with E-state index in [1.165, 1.54) is 22.3 Å². The highest BCUT2D eigenvalue weighted by atomic mass is 32.1. The quantitative estimate of drug-likeness (QED) is 0.857. The molecule has 1 aliphatic carbocycles. The molecule has 0 atom stereocenters. The molecule has 3 rings (SSSR count). The first-order valence-electron chi connectivity index (χ1n) is 8.35. The predicted molar refractivity (Wildman–Crippen MR) is 97.0 cm³/mol.